The minimum Gasteiger partial charge on any atom is -0.358 e. The molecule has 4 aromatic rings. The summed E-state index contributed by atoms with van der Waals surface area (Å²) < 4.78 is 36.7. The molecule has 0 saturated carbocycles. The lowest BCUT2D eigenvalue weighted by Gasteiger charge is -2.24. The first-order valence-corrected chi connectivity index (χ1v) is 15.7. The fraction of sp³-hybridized carbons (Fsp3) is 0.292. The molecule has 33 heavy (non-hydrogen) atoms. The molecule has 0 atom stereocenters. The highest BCUT2D eigenvalue weighted by molar-refractivity contribution is 9.10. The Morgan fingerprint density at radius 3 is 2.45 bits per heavy atom. The predicted octanol–water partition coefficient (Wildman–Crippen LogP) is 5.48. The predicted molar refractivity (Wildman–Crippen MR) is 141 cm³/mol. The van der Waals surface area contributed by atoms with Crippen LogP contribution in [0.25, 0.3) is 22.0 Å². The van der Waals surface area contributed by atoms with E-state index in [1.807, 2.05) is 31.3 Å². The normalized spacial score (nSPS) is 13.0. The second-order valence-corrected chi connectivity index (χ2v) is 16.2. The number of rotatable bonds is 8. The lowest BCUT2D eigenvalue weighted by Crippen LogP contribution is -2.11. The van der Waals surface area contributed by atoms with Crippen molar-refractivity contribution in [2.24, 2.45) is 0 Å². The second kappa shape index (κ2) is 9.29. The standard InChI is InChI=1S/C24H28BrN3O3S2/c1-18-5-8-21(9-6-18)33(29,30)28-16-23(22-13-20(25)7-10-24(22)28)19-14-26-27(15-19)17-31-11-12-32(2,3)4/h5-10,13-16H,11-12,17H2,1-4H3. The first-order chi connectivity index (χ1) is 15.5. The van der Waals surface area contributed by atoms with E-state index in [1.54, 1.807) is 41.3 Å². The van der Waals surface area contributed by atoms with Crippen LogP contribution >= 0.6 is 26.0 Å². The third-order valence-corrected chi connectivity index (χ3v) is 8.89. The minimum absolute atomic E-state index is 0.254. The van der Waals surface area contributed by atoms with Gasteiger partial charge in [0.1, 0.15) is 6.73 Å². The number of aromatic nitrogens is 3. The zero-order valence-corrected chi connectivity index (χ0v) is 22.4. The number of nitrogens with zero attached hydrogens (tertiary/aromatic N) is 3. The van der Waals surface area contributed by atoms with Crippen LogP contribution < -0.4 is 0 Å². The van der Waals surface area contributed by atoms with E-state index in [1.165, 1.54) is 3.97 Å². The SMILES string of the molecule is Cc1ccc(S(=O)(=O)n2cc(-c3cnn(COCCS(C)(C)C)c3)c3cc(Br)ccc32)cc1. The summed E-state index contributed by atoms with van der Waals surface area (Å²) in [5.74, 6) is 1.04. The van der Waals surface area contributed by atoms with Crippen LogP contribution in [0.2, 0.25) is 0 Å². The quantitative estimate of drug-likeness (QED) is 0.273. The van der Waals surface area contributed by atoms with Crippen molar-refractivity contribution in [3.63, 3.8) is 0 Å². The van der Waals surface area contributed by atoms with Crippen molar-refractivity contribution in [3.8, 4) is 11.1 Å². The van der Waals surface area contributed by atoms with Gasteiger partial charge in [0.25, 0.3) is 10.0 Å². The van der Waals surface area contributed by atoms with Gasteiger partial charge in [-0.1, -0.05) is 33.6 Å². The maximum Gasteiger partial charge on any atom is 0.268 e. The number of fused-ring (bicyclic) bond motifs is 1. The average molecular weight is 551 g/mol. The number of aryl methyl sites for hydroxylation is 1. The van der Waals surface area contributed by atoms with E-state index in [2.05, 4.69) is 39.8 Å². The van der Waals surface area contributed by atoms with E-state index in [-0.39, 0.29) is 4.90 Å². The molecule has 0 spiro atoms. The highest BCUT2D eigenvalue weighted by atomic mass is 79.9. The lowest BCUT2D eigenvalue weighted by molar-refractivity contribution is 0.0809. The van der Waals surface area contributed by atoms with Gasteiger partial charge in [-0.05, 0) is 56.0 Å². The Morgan fingerprint density at radius 1 is 1.03 bits per heavy atom. The van der Waals surface area contributed by atoms with Gasteiger partial charge in [-0.15, -0.1) is 0 Å². The molecule has 2 heterocycles. The van der Waals surface area contributed by atoms with Crippen LogP contribution in [0.15, 0.2) is 70.4 Å². The summed E-state index contributed by atoms with van der Waals surface area (Å²) in [5.41, 5.74) is 3.26. The van der Waals surface area contributed by atoms with Crippen LogP contribution in [0.3, 0.4) is 0 Å². The smallest absolute Gasteiger partial charge is 0.268 e. The molecule has 4 rings (SSSR count). The molecule has 0 unspecified atom stereocenters. The molecule has 0 aliphatic heterocycles. The minimum atomic E-state index is -3.76. The Kier molecular flexibility index (Phi) is 6.77. The molecule has 0 aliphatic rings. The molecular formula is C24H28BrN3O3S2. The zero-order valence-electron chi connectivity index (χ0n) is 19.2. The third-order valence-electron chi connectivity index (χ3n) is 5.32. The molecular weight excluding hydrogens is 522 g/mol. The largest absolute Gasteiger partial charge is 0.358 e. The Labute approximate surface area is 205 Å². The Hall–Kier alpha value is -2.07. The van der Waals surface area contributed by atoms with Gasteiger partial charge in [0.2, 0.25) is 0 Å². The van der Waals surface area contributed by atoms with Crippen LogP contribution in [0.1, 0.15) is 5.56 Å². The summed E-state index contributed by atoms with van der Waals surface area (Å²) in [6, 6.07) is 12.5. The van der Waals surface area contributed by atoms with Gasteiger partial charge >= 0.3 is 0 Å². The van der Waals surface area contributed by atoms with E-state index in [0.717, 1.165) is 32.3 Å². The first-order valence-electron chi connectivity index (χ1n) is 10.4. The summed E-state index contributed by atoms with van der Waals surface area (Å²) in [7, 11) is -4.36. The first kappa shape index (κ1) is 24.1. The molecule has 0 fully saturated rings. The Bertz CT molecular complexity index is 1380. The van der Waals surface area contributed by atoms with Crippen molar-refractivity contribution in [1.29, 1.82) is 0 Å². The molecule has 9 heteroatoms. The fourth-order valence-corrected chi connectivity index (χ4v) is 5.81. The number of ether oxygens (including phenoxy) is 1. The Morgan fingerprint density at radius 2 is 1.76 bits per heavy atom. The fourth-order valence-electron chi connectivity index (χ4n) is 3.47. The monoisotopic (exact) mass is 549 g/mol. The average Bonchev–Trinajstić information content (AvgIpc) is 3.35. The molecule has 0 saturated heterocycles. The van der Waals surface area contributed by atoms with E-state index >= 15 is 0 Å². The van der Waals surface area contributed by atoms with Crippen molar-refractivity contribution in [2.45, 2.75) is 18.6 Å². The number of hydrogen-bond acceptors (Lipinski definition) is 4. The van der Waals surface area contributed by atoms with Crippen LogP contribution in [0.4, 0.5) is 0 Å². The van der Waals surface area contributed by atoms with Gasteiger partial charge in [0.05, 0.1) is 23.2 Å². The lowest BCUT2D eigenvalue weighted by atomic mass is 10.1. The van der Waals surface area contributed by atoms with Crippen molar-refractivity contribution in [2.75, 3.05) is 31.1 Å². The van der Waals surface area contributed by atoms with Crippen LogP contribution in [-0.4, -0.2) is 53.3 Å². The molecule has 0 aliphatic carbocycles. The second-order valence-electron chi connectivity index (χ2n) is 8.92. The Balaban J connectivity index is 1.69. The van der Waals surface area contributed by atoms with E-state index in [4.69, 9.17) is 4.74 Å². The van der Waals surface area contributed by atoms with Crippen LogP contribution in [-0.2, 0) is 21.5 Å². The summed E-state index contributed by atoms with van der Waals surface area (Å²) >= 11 is 3.52. The third kappa shape index (κ3) is 5.37. The molecule has 6 nitrogen and oxygen atoms in total. The summed E-state index contributed by atoms with van der Waals surface area (Å²) in [4.78, 5) is 0.254. The highest BCUT2D eigenvalue weighted by Crippen LogP contribution is 2.35. The number of hydrogen-bond donors (Lipinski definition) is 0. The summed E-state index contributed by atoms with van der Waals surface area (Å²) in [6.45, 7) is 2.98. The molecule has 2 aromatic heterocycles. The maximum absolute atomic E-state index is 13.5. The topological polar surface area (TPSA) is 66.1 Å². The number of benzene rings is 2. The maximum atomic E-state index is 13.5. The van der Waals surface area contributed by atoms with Crippen LogP contribution in [0.5, 0.6) is 0 Å². The van der Waals surface area contributed by atoms with Crippen molar-refractivity contribution >= 4 is 46.9 Å². The van der Waals surface area contributed by atoms with E-state index in [0.29, 0.717) is 18.9 Å². The summed E-state index contributed by atoms with van der Waals surface area (Å²) in [6.07, 6.45) is 12.1. The van der Waals surface area contributed by atoms with Crippen molar-refractivity contribution in [3.05, 3.63) is 71.1 Å². The molecule has 2 aromatic carbocycles. The highest BCUT2D eigenvalue weighted by Gasteiger charge is 2.22. The van der Waals surface area contributed by atoms with Crippen molar-refractivity contribution in [1.82, 2.24) is 13.8 Å². The van der Waals surface area contributed by atoms with Crippen molar-refractivity contribution < 1.29 is 13.2 Å². The van der Waals surface area contributed by atoms with E-state index < -0.39 is 20.1 Å². The van der Waals surface area contributed by atoms with Gasteiger partial charge in [-0.25, -0.2) is 27.1 Å². The van der Waals surface area contributed by atoms with Gasteiger partial charge < -0.3 is 4.74 Å². The molecule has 176 valence electrons. The van der Waals surface area contributed by atoms with E-state index in [9.17, 15) is 8.42 Å². The van der Waals surface area contributed by atoms with Gasteiger partial charge in [-0.3, -0.25) is 0 Å². The molecule has 0 radical (unpaired) electrons. The van der Waals surface area contributed by atoms with Gasteiger partial charge in [0, 0.05) is 39.1 Å². The molecule has 0 bridgehead atoms. The zero-order chi connectivity index (χ0) is 23.8. The molecule has 0 amide bonds. The van der Waals surface area contributed by atoms with Gasteiger partial charge in [0.15, 0.2) is 0 Å². The van der Waals surface area contributed by atoms with Crippen LogP contribution in [0, 0.1) is 6.92 Å². The summed E-state index contributed by atoms with van der Waals surface area (Å²) in [5, 5.41) is 5.25. The van der Waals surface area contributed by atoms with Gasteiger partial charge in [-0.2, -0.15) is 5.10 Å². The molecule has 0 N–H and O–H groups in total. The number of halogens is 1.